The third-order valence-electron chi connectivity index (χ3n) is 2.76. The highest BCUT2D eigenvalue weighted by Crippen LogP contribution is 2.31. The Hall–Kier alpha value is -1.40. The van der Waals surface area contributed by atoms with Gasteiger partial charge in [0.25, 0.3) is 0 Å². The van der Waals surface area contributed by atoms with Crippen LogP contribution < -0.4 is 10.5 Å². The molecule has 20 heavy (non-hydrogen) atoms. The average molecular weight is 403 g/mol. The lowest BCUT2D eigenvalue weighted by Crippen LogP contribution is -2.06. The quantitative estimate of drug-likeness (QED) is 0.619. The number of hydrogen-bond acceptors (Lipinski definition) is 3. The zero-order chi connectivity index (χ0) is 14.9. The molecule has 104 valence electrons. The van der Waals surface area contributed by atoms with E-state index in [1.807, 2.05) is 0 Å². The number of carbonyl (C=O) groups excluding carboxylic acids is 1. The minimum atomic E-state index is -0.495. The predicted octanol–water partition coefficient (Wildman–Crippen LogP) is 4.17. The number of carbonyl (C=O) groups is 1. The molecule has 0 aliphatic heterocycles. The highest BCUT2D eigenvalue weighted by molar-refractivity contribution is 9.11. The molecule has 6 heteroatoms. The average Bonchev–Trinajstić information content (AvgIpc) is 2.43. The predicted molar refractivity (Wildman–Crippen MR) is 82.6 cm³/mol. The maximum absolute atomic E-state index is 13.5. The number of ketones is 1. The summed E-state index contributed by atoms with van der Waals surface area (Å²) in [6, 6.07) is 7.56. The van der Waals surface area contributed by atoms with Gasteiger partial charge in [0.1, 0.15) is 11.6 Å². The van der Waals surface area contributed by atoms with E-state index in [1.165, 1.54) is 13.2 Å². The minimum absolute atomic E-state index is 0.171. The van der Waals surface area contributed by atoms with Gasteiger partial charge in [0.15, 0.2) is 5.78 Å². The molecule has 0 radical (unpaired) electrons. The highest BCUT2D eigenvalue weighted by Gasteiger charge is 2.20. The Labute approximate surface area is 132 Å². The fourth-order valence-corrected chi connectivity index (χ4v) is 2.53. The third-order valence-corrected chi connectivity index (χ3v) is 4.25. The summed E-state index contributed by atoms with van der Waals surface area (Å²) >= 11 is 6.35. The zero-order valence-corrected chi connectivity index (χ0v) is 13.6. The van der Waals surface area contributed by atoms with E-state index in [-0.39, 0.29) is 21.6 Å². The molecule has 0 fully saturated rings. The lowest BCUT2D eigenvalue weighted by molar-refractivity contribution is 0.103. The van der Waals surface area contributed by atoms with Crippen LogP contribution in [-0.4, -0.2) is 12.9 Å². The highest BCUT2D eigenvalue weighted by atomic mass is 79.9. The fourth-order valence-electron chi connectivity index (χ4n) is 1.75. The number of nitrogens with two attached hydrogens (primary N) is 1. The van der Waals surface area contributed by atoms with Crippen LogP contribution in [0.1, 0.15) is 15.9 Å². The molecule has 2 rings (SSSR count). The van der Waals surface area contributed by atoms with Gasteiger partial charge in [0.2, 0.25) is 0 Å². The normalized spacial score (nSPS) is 10.4. The molecule has 0 aliphatic carbocycles. The summed E-state index contributed by atoms with van der Waals surface area (Å²) in [5.74, 6) is -0.628. The Bertz CT molecular complexity index is 689. The first-order valence-corrected chi connectivity index (χ1v) is 7.16. The minimum Gasteiger partial charge on any atom is -0.496 e. The first-order valence-electron chi connectivity index (χ1n) is 5.57. The fraction of sp³-hybridized carbons (Fsp3) is 0.0714. The van der Waals surface area contributed by atoms with Crippen molar-refractivity contribution in [1.29, 1.82) is 0 Å². The Morgan fingerprint density at radius 3 is 2.60 bits per heavy atom. The summed E-state index contributed by atoms with van der Waals surface area (Å²) in [4.78, 5) is 12.6. The molecule has 0 amide bonds. The van der Waals surface area contributed by atoms with Crippen LogP contribution in [-0.2, 0) is 0 Å². The van der Waals surface area contributed by atoms with Crippen molar-refractivity contribution in [3.8, 4) is 5.75 Å². The van der Waals surface area contributed by atoms with Gasteiger partial charge in [0.05, 0.1) is 21.6 Å². The van der Waals surface area contributed by atoms with Gasteiger partial charge in [-0.1, -0.05) is 6.07 Å². The molecule has 0 saturated heterocycles. The van der Waals surface area contributed by atoms with Gasteiger partial charge in [-0.05, 0) is 50.1 Å². The molecular weight excluding hydrogens is 393 g/mol. The number of benzene rings is 2. The SMILES string of the molecule is COc1cc(F)c(Br)cc1C(=O)c1cccc(N)c1Br. The molecule has 0 spiro atoms. The molecular formula is C14H10Br2FNO2. The molecule has 2 N–H and O–H groups in total. The smallest absolute Gasteiger partial charge is 0.198 e. The summed E-state index contributed by atoms with van der Waals surface area (Å²) in [5.41, 5.74) is 6.86. The molecule has 0 aromatic heterocycles. The van der Waals surface area contributed by atoms with Crippen molar-refractivity contribution < 1.29 is 13.9 Å². The topological polar surface area (TPSA) is 52.3 Å². The number of nitrogen functional groups attached to an aromatic ring is 1. The first-order chi connectivity index (χ1) is 9.45. The van der Waals surface area contributed by atoms with Crippen molar-refractivity contribution in [3.63, 3.8) is 0 Å². The third kappa shape index (κ3) is 2.71. The molecule has 0 unspecified atom stereocenters. The van der Waals surface area contributed by atoms with Crippen LogP contribution >= 0.6 is 31.9 Å². The van der Waals surface area contributed by atoms with Gasteiger partial charge in [-0.2, -0.15) is 0 Å². The Morgan fingerprint density at radius 1 is 1.25 bits per heavy atom. The van der Waals surface area contributed by atoms with E-state index in [2.05, 4.69) is 31.9 Å². The van der Waals surface area contributed by atoms with Crippen LogP contribution in [0.4, 0.5) is 10.1 Å². The van der Waals surface area contributed by atoms with Crippen LogP contribution in [0.2, 0.25) is 0 Å². The van der Waals surface area contributed by atoms with E-state index in [1.54, 1.807) is 18.2 Å². The van der Waals surface area contributed by atoms with Crippen LogP contribution in [0.15, 0.2) is 39.3 Å². The summed E-state index contributed by atoms with van der Waals surface area (Å²) in [6.07, 6.45) is 0. The van der Waals surface area contributed by atoms with Crippen molar-refractivity contribution in [3.05, 3.63) is 56.2 Å². The summed E-state index contributed by atoms with van der Waals surface area (Å²) in [5, 5.41) is 0. The van der Waals surface area contributed by atoms with E-state index in [0.717, 1.165) is 6.07 Å². The van der Waals surface area contributed by atoms with Crippen molar-refractivity contribution in [1.82, 2.24) is 0 Å². The molecule has 2 aromatic carbocycles. The van der Waals surface area contributed by atoms with Crippen molar-refractivity contribution in [2.24, 2.45) is 0 Å². The molecule has 0 aliphatic rings. The Morgan fingerprint density at radius 2 is 1.95 bits per heavy atom. The number of methoxy groups -OCH3 is 1. The van der Waals surface area contributed by atoms with Gasteiger partial charge in [0, 0.05) is 17.3 Å². The second-order valence-electron chi connectivity index (χ2n) is 4.00. The number of rotatable bonds is 3. The lowest BCUT2D eigenvalue weighted by atomic mass is 10.0. The molecule has 0 saturated carbocycles. The standard InChI is InChI=1S/C14H10Br2FNO2/c1-20-12-6-10(17)9(15)5-8(12)14(19)7-3-2-4-11(18)13(7)16/h2-6H,18H2,1H3. The molecule has 0 atom stereocenters. The summed E-state index contributed by atoms with van der Waals surface area (Å²) in [7, 11) is 1.38. The van der Waals surface area contributed by atoms with E-state index in [9.17, 15) is 9.18 Å². The van der Waals surface area contributed by atoms with Crippen LogP contribution in [0.25, 0.3) is 0 Å². The summed E-state index contributed by atoms with van der Waals surface area (Å²) in [6.45, 7) is 0. The van der Waals surface area contributed by atoms with Crippen molar-refractivity contribution in [2.75, 3.05) is 12.8 Å². The van der Waals surface area contributed by atoms with Gasteiger partial charge >= 0.3 is 0 Å². The van der Waals surface area contributed by atoms with Crippen LogP contribution in [0.3, 0.4) is 0 Å². The van der Waals surface area contributed by atoms with Gasteiger partial charge < -0.3 is 10.5 Å². The lowest BCUT2D eigenvalue weighted by Gasteiger charge is -2.11. The van der Waals surface area contributed by atoms with E-state index < -0.39 is 5.82 Å². The summed E-state index contributed by atoms with van der Waals surface area (Å²) < 4.78 is 19.3. The van der Waals surface area contributed by atoms with E-state index in [4.69, 9.17) is 10.5 Å². The van der Waals surface area contributed by atoms with Crippen molar-refractivity contribution in [2.45, 2.75) is 0 Å². The molecule has 0 bridgehead atoms. The first kappa shape index (κ1) is 15.0. The second kappa shape index (κ2) is 5.93. The second-order valence-corrected chi connectivity index (χ2v) is 5.65. The maximum Gasteiger partial charge on any atom is 0.198 e. The molecule has 2 aromatic rings. The number of halogens is 3. The van der Waals surface area contributed by atoms with Gasteiger partial charge in [-0.25, -0.2) is 4.39 Å². The van der Waals surface area contributed by atoms with Crippen molar-refractivity contribution >= 4 is 43.3 Å². The van der Waals surface area contributed by atoms with Gasteiger partial charge in [-0.15, -0.1) is 0 Å². The largest absolute Gasteiger partial charge is 0.496 e. The Balaban J connectivity index is 2.59. The Kier molecular flexibility index (Phi) is 4.45. The van der Waals surface area contributed by atoms with E-state index >= 15 is 0 Å². The number of anilines is 1. The number of hydrogen-bond donors (Lipinski definition) is 1. The monoisotopic (exact) mass is 401 g/mol. The number of ether oxygens (including phenoxy) is 1. The van der Waals surface area contributed by atoms with E-state index in [0.29, 0.717) is 15.7 Å². The molecule has 0 heterocycles. The maximum atomic E-state index is 13.5. The van der Waals surface area contributed by atoms with Crippen LogP contribution in [0, 0.1) is 5.82 Å². The van der Waals surface area contributed by atoms with Crippen LogP contribution in [0.5, 0.6) is 5.75 Å². The van der Waals surface area contributed by atoms with Gasteiger partial charge in [-0.3, -0.25) is 4.79 Å². The molecule has 3 nitrogen and oxygen atoms in total. The zero-order valence-electron chi connectivity index (χ0n) is 10.4.